The number of imide groups is 3. The molecule has 2 fully saturated rings. The Morgan fingerprint density at radius 2 is 0.980 bits per heavy atom. The topological polar surface area (TPSA) is 215 Å². The molecule has 0 unspecified atom stereocenters. The van der Waals surface area contributed by atoms with Gasteiger partial charge < -0.3 is 29.4 Å². The maximum Gasteiger partial charge on any atom is 0.305 e. The maximum absolute atomic E-state index is 13.2. The molecule has 0 aromatic heterocycles. The van der Waals surface area contributed by atoms with Crippen molar-refractivity contribution in [2.24, 2.45) is 0 Å². The first-order chi connectivity index (χ1) is 24.0. The SMILES string of the molecule is O=C(O)CCOCCOCCOCCOCC(=O)NC(CCCN1C(=O)C=CC1=O)(CCCN1C(=O)CCC1=O)CCCN1C(=O)CCC1=O. The Labute approximate surface area is 290 Å². The minimum absolute atomic E-state index is 0.0742. The Balaban J connectivity index is 1.53. The first-order valence-corrected chi connectivity index (χ1v) is 17.0. The lowest BCUT2D eigenvalue weighted by Gasteiger charge is -2.37. The van der Waals surface area contributed by atoms with Crippen LogP contribution < -0.4 is 5.32 Å². The molecular weight excluding hydrogens is 660 g/mol. The van der Waals surface area contributed by atoms with Crippen molar-refractivity contribution in [1.82, 2.24) is 20.0 Å². The van der Waals surface area contributed by atoms with Crippen LogP contribution >= 0.6 is 0 Å². The fourth-order valence-corrected chi connectivity index (χ4v) is 6.00. The summed E-state index contributed by atoms with van der Waals surface area (Å²) in [7, 11) is 0. The normalized spacial score (nSPS) is 16.5. The lowest BCUT2D eigenvalue weighted by atomic mass is 9.83. The number of likely N-dealkylation sites (tertiary alicyclic amines) is 2. The number of carboxylic acid groups (broad SMARTS) is 1. The van der Waals surface area contributed by atoms with Crippen molar-refractivity contribution in [3.63, 3.8) is 0 Å². The van der Waals surface area contributed by atoms with E-state index in [-0.39, 0.29) is 122 Å². The summed E-state index contributed by atoms with van der Waals surface area (Å²) in [6.07, 6.45) is 5.03. The van der Waals surface area contributed by atoms with Crippen molar-refractivity contribution in [3.8, 4) is 0 Å². The molecule has 3 heterocycles. The van der Waals surface area contributed by atoms with Crippen LogP contribution in [0.5, 0.6) is 0 Å². The first kappa shape index (κ1) is 40.4. The highest BCUT2D eigenvalue weighted by Crippen LogP contribution is 2.28. The van der Waals surface area contributed by atoms with E-state index in [1.54, 1.807) is 0 Å². The third-order valence-corrected chi connectivity index (χ3v) is 8.54. The summed E-state index contributed by atoms with van der Waals surface area (Å²) in [6.45, 7) is 1.69. The van der Waals surface area contributed by atoms with Crippen LogP contribution in [0.25, 0.3) is 0 Å². The van der Waals surface area contributed by atoms with Gasteiger partial charge in [0.25, 0.3) is 11.8 Å². The number of carboxylic acids is 1. The van der Waals surface area contributed by atoms with Crippen LogP contribution in [0.1, 0.15) is 70.6 Å². The van der Waals surface area contributed by atoms with Gasteiger partial charge in [-0.25, -0.2) is 0 Å². The number of aliphatic carboxylic acids is 1. The van der Waals surface area contributed by atoms with Gasteiger partial charge in [-0.2, -0.15) is 0 Å². The van der Waals surface area contributed by atoms with Gasteiger partial charge in [0.1, 0.15) is 6.61 Å². The van der Waals surface area contributed by atoms with Gasteiger partial charge in [-0.1, -0.05) is 0 Å². The number of hydrogen-bond donors (Lipinski definition) is 2. The van der Waals surface area contributed by atoms with Crippen LogP contribution in [0.15, 0.2) is 12.2 Å². The molecule has 2 saturated heterocycles. The summed E-state index contributed by atoms with van der Waals surface area (Å²) in [5.41, 5.74) is -0.928. The molecule has 17 nitrogen and oxygen atoms in total. The zero-order valence-electron chi connectivity index (χ0n) is 28.4. The molecule has 17 heteroatoms. The van der Waals surface area contributed by atoms with Crippen LogP contribution in [-0.4, -0.2) is 145 Å². The number of ether oxygens (including phenoxy) is 4. The van der Waals surface area contributed by atoms with Gasteiger partial charge in [0.15, 0.2) is 0 Å². The van der Waals surface area contributed by atoms with E-state index in [1.807, 2.05) is 0 Å². The predicted molar refractivity (Wildman–Crippen MR) is 172 cm³/mol. The van der Waals surface area contributed by atoms with Gasteiger partial charge in [0, 0.05) is 63.0 Å². The Bertz CT molecular complexity index is 1160. The molecule has 3 aliphatic rings. The molecule has 0 aromatic carbocycles. The van der Waals surface area contributed by atoms with Crippen LogP contribution in [0.2, 0.25) is 0 Å². The van der Waals surface area contributed by atoms with E-state index in [0.717, 1.165) is 4.90 Å². The Morgan fingerprint density at radius 1 is 0.600 bits per heavy atom. The van der Waals surface area contributed by atoms with E-state index in [4.69, 9.17) is 24.1 Å². The van der Waals surface area contributed by atoms with Crippen molar-refractivity contribution >= 4 is 47.3 Å². The molecule has 0 aliphatic carbocycles. The van der Waals surface area contributed by atoms with Gasteiger partial charge in [0.05, 0.1) is 52.7 Å². The molecule has 0 radical (unpaired) electrons. The quantitative estimate of drug-likeness (QED) is 0.0847. The average molecular weight is 709 g/mol. The number of carbonyl (C=O) groups is 8. The largest absolute Gasteiger partial charge is 0.481 e. The summed E-state index contributed by atoms with van der Waals surface area (Å²) < 4.78 is 21.4. The zero-order valence-corrected chi connectivity index (χ0v) is 28.4. The highest BCUT2D eigenvalue weighted by molar-refractivity contribution is 6.12. The van der Waals surface area contributed by atoms with Crippen molar-refractivity contribution in [3.05, 3.63) is 12.2 Å². The monoisotopic (exact) mass is 708 g/mol. The highest BCUT2D eigenvalue weighted by Gasteiger charge is 2.35. The molecule has 3 rings (SSSR count). The number of nitrogens with one attached hydrogen (secondary N) is 1. The van der Waals surface area contributed by atoms with E-state index in [2.05, 4.69) is 5.32 Å². The number of rotatable bonds is 27. The minimum Gasteiger partial charge on any atom is -0.481 e. The standard InChI is InChI=1S/C33H48N4O13/c38-25(24-50-23-22-49-21-20-48-19-18-47-17-10-32(45)46)34-33(11-1-14-35-26(39)4-5-27(35)40,12-2-15-36-28(41)6-7-29(36)42)13-3-16-37-30(43)8-9-31(37)44/h4-5H,1-3,6-24H2,(H,34,38)(H,45,46). The number of amides is 7. The van der Waals surface area contributed by atoms with E-state index in [9.17, 15) is 38.4 Å². The molecule has 7 amide bonds. The van der Waals surface area contributed by atoms with E-state index >= 15 is 0 Å². The molecule has 0 atom stereocenters. The van der Waals surface area contributed by atoms with Gasteiger partial charge >= 0.3 is 5.97 Å². The predicted octanol–water partition coefficient (Wildman–Crippen LogP) is -0.0539. The molecule has 278 valence electrons. The zero-order chi connectivity index (χ0) is 36.4. The van der Waals surface area contributed by atoms with E-state index < -0.39 is 29.2 Å². The minimum atomic E-state index is -0.933. The van der Waals surface area contributed by atoms with Crippen LogP contribution in [-0.2, 0) is 57.3 Å². The molecule has 0 bridgehead atoms. The second-order valence-corrected chi connectivity index (χ2v) is 12.2. The lowest BCUT2D eigenvalue weighted by Crippen LogP contribution is -2.51. The van der Waals surface area contributed by atoms with Crippen molar-refractivity contribution in [2.75, 3.05) is 72.5 Å². The summed E-state index contributed by atoms with van der Waals surface area (Å²) in [6, 6.07) is 0. The Kier molecular flexibility index (Phi) is 17.1. The van der Waals surface area contributed by atoms with Crippen LogP contribution in [0.3, 0.4) is 0 Å². The summed E-state index contributed by atoms with van der Waals surface area (Å²) in [5.74, 6) is -3.23. The summed E-state index contributed by atoms with van der Waals surface area (Å²) in [5, 5.41) is 11.6. The average Bonchev–Trinajstić information content (AvgIpc) is 3.69. The van der Waals surface area contributed by atoms with Gasteiger partial charge in [0.2, 0.25) is 29.5 Å². The van der Waals surface area contributed by atoms with Crippen molar-refractivity contribution < 1.29 is 62.4 Å². The van der Waals surface area contributed by atoms with Crippen molar-refractivity contribution in [2.45, 2.75) is 76.2 Å². The molecule has 0 saturated carbocycles. The molecule has 0 spiro atoms. The van der Waals surface area contributed by atoms with Gasteiger partial charge in [-0.05, 0) is 38.5 Å². The summed E-state index contributed by atoms with van der Waals surface area (Å²) in [4.78, 5) is 100. The molecule has 2 N–H and O–H groups in total. The number of carbonyl (C=O) groups excluding carboxylic acids is 7. The second-order valence-electron chi connectivity index (χ2n) is 12.2. The van der Waals surface area contributed by atoms with E-state index in [1.165, 1.54) is 22.0 Å². The third kappa shape index (κ3) is 13.7. The molecule has 3 aliphatic heterocycles. The fraction of sp³-hybridized carbons (Fsp3) is 0.697. The van der Waals surface area contributed by atoms with Crippen LogP contribution in [0.4, 0.5) is 0 Å². The Morgan fingerprint density at radius 3 is 1.40 bits per heavy atom. The molecule has 50 heavy (non-hydrogen) atoms. The van der Waals surface area contributed by atoms with Gasteiger partial charge in [-0.15, -0.1) is 0 Å². The van der Waals surface area contributed by atoms with Gasteiger partial charge in [-0.3, -0.25) is 53.1 Å². The third-order valence-electron chi connectivity index (χ3n) is 8.54. The maximum atomic E-state index is 13.2. The summed E-state index contributed by atoms with van der Waals surface area (Å²) >= 11 is 0. The Hall–Kier alpha value is -4.06. The van der Waals surface area contributed by atoms with Crippen LogP contribution in [0, 0.1) is 0 Å². The fourth-order valence-electron chi connectivity index (χ4n) is 6.00. The highest BCUT2D eigenvalue weighted by atomic mass is 16.6. The second kappa shape index (κ2) is 21.2. The van der Waals surface area contributed by atoms with E-state index in [0.29, 0.717) is 45.1 Å². The molecular formula is C33H48N4O13. The lowest BCUT2D eigenvalue weighted by molar-refractivity contribution is -0.139. The number of nitrogens with zero attached hydrogens (tertiary/aromatic N) is 3. The van der Waals surface area contributed by atoms with Crippen molar-refractivity contribution in [1.29, 1.82) is 0 Å². The smallest absolute Gasteiger partial charge is 0.305 e. The number of hydrogen-bond acceptors (Lipinski definition) is 12. The first-order valence-electron chi connectivity index (χ1n) is 17.0. The molecule has 0 aromatic rings.